The summed E-state index contributed by atoms with van der Waals surface area (Å²) in [6, 6.07) is 5.72. The van der Waals surface area contributed by atoms with Gasteiger partial charge in [0.05, 0.1) is 4.90 Å². The van der Waals surface area contributed by atoms with Gasteiger partial charge in [-0.2, -0.15) is 0 Å². The monoisotopic (exact) mass is 283 g/mol. The van der Waals surface area contributed by atoms with Crippen molar-refractivity contribution in [2.24, 2.45) is 5.14 Å². The first-order valence-corrected chi connectivity index (χ1v) is 7.66. The van der Waals surface area contributed by atoms with Gasteiger partial charge >= 0.3 is 0 Å². The van der Waals surface area contributed by atoms with Crippen molar-refractivity contribution in [3.63, 3.8) is 0 Å². The third-order valence-corrected chi connectivity index (χ3v) is 4.01. The van der Waals surface area contributed by atoms with Gasteiger partial charge in [0.1, 0.15) is 0 Å². The normalized spacial score (nSPS) is 19.9. The van der Waals surface area contributed by atoms with E-state index in [-0.39, 0.29) is 16.8 Å². The van der Waals surface area contributed by atoms with Crippen molar-refractivity contribution in [2.45, 2.75) is 23.8 Å². The van der Waals surface area contributed by atoms with Crippen LogP contribution in [0.4, 0.5) is 0 Å². The standard InChI is InChI=1S/C12H17N3O3S/c13-19(17,18)11-5-3-9(4-6-11)12(16)15-10-2-1-7-14-8-10/h3-6,10,14H,1-2,7-8H2,(H,15,16)(H2,13,17,18)/t10-/m0/s1. The molecule has 1 saturated heterocycles. The van der Waals surface area contributed by atoms with Crippen molar-refractivity contribution < 1.29 is 13.2 Å². The first-order valence-electron chi connectivity index (χ1n) is 6.11. The third kappa shape index (κ3) is 3.76. The Balaban J connectivity index is 2.03. The zero-order valence-corrected chi connectivity index (χ0v) is 11.2. The Kier molecular flexibility index (Phi) is 4.18. The van der Waals surface area contributed by atoms with Crippen LogP contribution in [0.15, 0.2) is 29.2 Å². The van der Waals surface area contributed by atoms with Crippen LogP contribution < -0.4 is 15.8 Å². The highest BCUT2D eigenvalue weighted by Crippen LogP contribution is 2.09. The van der Waals surface area contributed by atoms with Crippen LogP contribution >= 0.6 is 0 Å². The van der Waals surface area contributed by atoms with Gasteiger partial charge in [-0.3, -0.25) is 4.79 Å². The number of amides is 1. The molecule has 2 rings (SSSR count). The van der Waals surface area contributed by atoms with E-state index >= 15 is 0 Å². The van der Waals surface area contributed by atoms with Crippen molar-refractivity contribution in [1.29, 1.82) is 0 Å². The van der Waals surface area contributed by atoms with Crippen LogP contribution in [0.1, 0.15) is 23.2 Å². The highest BCUT2D eigenvalue weighted by molar-refractivity contribution is 7.89. The summed E-state index contributed by atoms with van der Waals surface area (Å²) >= 11 is 0. The average molecular weight is 283 g/mol. The van der Waals surface area contributed by atoms with E-state index in [4.69, 9.17) is 5.14 Å². The maximum Gasteiger partial charge on any atom is 0.251 e. The molecule has 1 atom stereocenters. The van der Waals surface area contributed by atoms with E-state index in [0.29, 0.717) is 5.56 Å². The second kappa shape index (κ2) is 5.68. The van der Waals surface area contributed by atoms with Crippen molar-refractivity contribution in [1.82, 2.24) is 10.6 Å². The number of piperidine rings is 1. The molecule has 0 saturated carbocycles. The molecular weight excluding hydrogens is 266 g/mol. The summed E-state index contributed by atoms with van der Waals surface area (Å²) in [6.07, 6.45) is 1.99. The van der Waals surface area contributed by atoms with Crippen molar-refractivity contribution in [3.05, 3.63) is 29.8 Å². The molecule has 7 heteroatoms. The molecular formula is C12H17N3O3S. The molecule has 4 N–H and O–H groups in total. The van der Waals surface area contributed by atoms with E-state index in [1.807, 2.05) is 0 Å². The molecule has 1 aromatic rings. The number of nitrogens with two attached hydrogens (primary N) is 1. The number of carbonyl (C=O) groups is 1. The summed E-state index contributed by atoms with van der Waals surface area (Å²) < 4.78 is 22.2. The third-order valence-electron chi connectivity index (χ3n) is 3.08. The number of nitrogens with one attached hydrogen (secondary N) is 2. The topological polar surface area (TPSA) is 101 Å². The Morgan fingerprint density at radius 3 is 2.53 bits per heavy atom. The molecule has 1 heterocycles. The van der Waals surface area contributed by atoms with Crippen LogP contribution in [0.2, 0.25) is 0 Å². The number of rotatable bonds is 3. The van der Waals surface area contributed by atoms with Crippen LogP contribution in [-0.2, 0) is 10.0 Å². The second-order valence-electron chi connectivity index (χ2n) is 4.59. The molecule has 0 aromatic heterocycles. The van der Waals surface area contributed by atoms with Gasteiger partial charge in [-0.25, -0.2) is 13.6 Å². The van der Waals surface area contributed by atoms with Gasteiger partial charge in [-0.05, 0) is 43.7 Å². The van der Waals surface area contributed by atoms with Crippen molar-refractivity contribution in [2.75, 3.05) is 13.1 Å². The maximum absolute atomic E-state index is 12.0. The number of sulfonamides is 1. The zero-order valence-electron chi connectivity index (χ0n) is 10.4. The lowest BCUT2D eigenvalue weighted by molar-refractivity contribution is 0.0930. The van der Waals surface area contributed by atoms with Crippen molar-refractivity contribution >= 4 is 15.9 Å². The van der Waals surface area contributed by atoms with E-state index in [9.17, 15) is 13.2 Å². The van der Waals surface area contributed by atoms with E-state index in [1.54, 1.807) is 0 Å². The van der Waals surface area contributed by atoms with Crippen LogP contribution in [0.5, 0.6) is 0 Å². The minimum absolute atomic E-state index is 0.00313. The van der Waals surface area contributed by atoms with E-state index in [2.05, 4.69) is 10.6 Å². The molecule has 104 valence electrons. The first kappa shape index (κ1) is 14.0. The van der Waals surface area contributed by atoms with Gasteiger partial charge in [-0.1, -0.05) is 0 Å². The summed E-state index contributed by atoms with van der Waals surface area (Å²) in [6.45, 7) is 1.75. The van der Waals surface area contributed by atoms with E-state index < -0.39 is 10.0 Å². The molecule has 0 aliphatic carbocycles. The second-order valence-corrected chi connectivity index (χ2v) is 6.15. The maximum atomic E-state index is 12.0. The lowest BCUT2D eigenvalue weighted by Gasteiger charge is -2.23. The van der Waals surface area contributed by atoms with Crippen LogP contribution in [0.25, 0.3) is 0 Å². The SMILES string of the molecule is NS(=O)(=O)c1ccc(C(=O)N[C@H]2CCCNC2)cc1. The first-order chi connectivity index (χ1) is 8.97. The molecule has 1 aliphatic heterocycles. The van der Waals surface area contributed by atoms with Gasteiger partial charge in [0, 0.05) is 18.2 Å². The lowest BCUT2D eigenvalue weighted by atomic mass is 10.1. The summed E-state index contributed by atoms with van der Waals surface area (Å²) in [5.74, 6) is -0.199. The Hall–Kier alpha value is -1.44. The van der Waals surface area contributed by atoms with Crippen LogP contribution in [0.3, 0.4) is 0 Å². The number of hydrogen-bond acceptors (Lipinski definition) is 4. The Bertz CT molecular complexity index is 548. The molecule has 0 spiro atoms. The molecule has 19 heavy (non-hydrogen) atoms. The van der Waals surface area contributed by atoms with E-state index in [1.165, 1.54) is 24.3 Å². The van der Waals surface area contributed by atoms with Crippen molar-refractivity contribution in [3.8, 4) is 0 Å². The average Bonchev–Trinajstić information content (AvgIpc) is 2.39. The Labute approximate surface area is 112 Å². The minimum atomic E-state index is -3.71. The molecule has 1 aliphatic rings. The highest BCUT2D eigenvalue weighted by Gasteiger charge is 2.16. The minimum Gasteiger partial charge on any atom is -0.348 e. The number of carbonyl (C=O) groups excluding carboxylic acids is 1. The number of hydrogen-bond donors (Lipinski definition) is 3. The summed E-state index contributed by atoms with van der Waals surface area (Å²) in [5.41, 5.74) is 0.429. The van der Waals surface area contributed by atoms with Crippen LogP contribution in [-0.4, -0.2) is 33.5 Å². The molecule has 0 radical (unpaired) electrons. The molecule has 1 fully saturated rings. The van der Waals surface area contributed by atoms with Gasteiger partial charge in [-0.15, -0.1) is 0 Å². The molecule has 1 amide bonds. The van der Waals surface area contributed by atoms with E-state index in [0.717, 1.165) is 25.9 Å². The number of benzene rings is 1. The fraction of sp³-hybridized carbons (Fsp3) is 0.417. The summed E-state index contributed by atoms with van der Waals surface area (Å²) in [4.78, 5) is 12.0. The lowest BCUT2D eigenvalue weighted by Crippen LogP contribution is -2.45. The quantitative estimate of drug-likeness (QED) is 0.716. The largest absolute Gasteiger partial charge is 0.348 e. The fourth-order valence-corrected chi connectivity index (χ4v) is 2.56. The number of primary sulfonamides is 1. The van der Waals surface area contributed by atoms with Gasteiger partial charge < -0.3 is 10.6 Å². The molecule has 0 bridgehead atoms. The predicted octanol–water partition coefficient (Wildman–Crippen LogP) is -0.184. The van der Waals surface area contributed by atoms with Crippen LogP contribution in [0, 0.1) is 0 Å². The smallest absolute Gasteiger partial charge is 0.251 e. The summed E-state index contributed by atoms with van der Waals surface area (Å²) in [7, 11) is -3.71. The fourth-order valence-electron chi connectivity index (χ4n) is 2.04. The summed E-state index contributed by atoms with van der Waals surface area (Å²) in [5, 5.41) is 11.1. The Morgan fingerprint density at radius 2 is 2.00 bits per heavy atom. The van der Waals surface area contributed by atoms with Gasteiger partial charge in [0.15, 0.2) is 0 Å². The van der Waals surface area contributed by atoms with Gasteiger partial charge in [0.2, 0.25) is 10.0 Å². The molecule has 1 aromatic carbocycles. The van der Waals surface area contributed by atoms with Gasteiger partial charge in [0.25, 0.3) is 5.91 Å². The molecule has 6 nitrogen and oxygen atoms in total. The Morgan fingerprint density at radius 1 is 1.32 bits per heavy atom. The highest BCUT2D eigenvalue weighted by atomic mass is 32.2. The predicted molar refractivity (Wildman–Crippen MR) is 71.2 cm³/mol. The molecule has 0 unspecified atom stereocenters. The zero-order chi connectivity index (χ0) is 13.9.